The summed E-state index contributed by atoms with van der Waals surface area (Å²) < 4.78 is 39.8. The van der Waals surface area contributed by atoms with E-state index in [2.05, 4.69) is 86.4 Å². The summed E-state index contributed by atoms with van der Waals surface area (Å²) in [5, 5.41) is 1.21. The van der Waals surface area contributed by atoms with Crippen molar-refractivity contribution in [3.05, 3.63) is 104 Å². The van der Waals surface area contributed by atoms with E-state index in [0.717, 1.165) is 5.56 Å². The molecule has 0 aliphatic heterocycles. The maximum Gasteiger partial charge on any atom is 0.400 e. The first-order valence-electron chi connectivity index (χ1n) is 10.5. The third-order valence-electron chi connectivity index (χ3n) is 4.78. The van der Waals surface area contributed by atoms with Crippen LogP contribution in [0.1, 0.15) is 5.56 Å². The highest BCUT2D eigenvalue weighted by molar-refractivity contribution is 7.85. The minimum atomic E-state index is -4.27. The van der Waals surface area contributed by atoms with Crippen LogP contribution < -0.4 is 26.6 Å². The van der Waals surface area contributed by atoms with Crippen LogP contribution in [0, 0.1) is 14.3 Å². The summed E-state index contributed by atoms with van der Waals surface area (Å²) in [4.78, 5) is -0.178. The molecule has 1 heterocycles. The van der Waals surface area contributed by atoms with Gasteiger partial charge in [0.2, 0.25) is 0 Å². The molecule has 0 aliphatic carbocycles. The molecule has 3 aromatic carbocycles. The predicted molar refractivity (Wildman–Crippen MR) is 130 cm³/mol. The zero-order valence-electron chi connectivity index (χ0n) is 19.1. The highest BCUT2D eigenvalue weighted by Crippen LogP contribution is 2.17. The molecule has 0 fully saturated rings. The number of halogens is 1. The molecular formula is C26H27IO4SSi. The molecule has 0 unspecified atom stereocenters. The molecule has 4 nitrogen and oxygen atoms in total. The topological polar surface area (TPSA) is 70.3 Å². The molecule has 0 spiro atoms. The number of furan rings is 1. The van der Waals surface area contributed by atoms with Gasteiger partial charge in [-0.05, 0) is 60.5 Å². The third kappa shape index (κ3) is 7.67. The van der Waals surface area contributed by atoms with E-state index in [1.807, 2.05) is 6.92 Å². The van der Waals surface area contributed by atoms with Gasteiger partial charge in [-0.15, -0.1) is 0 Å². The zero-order valence-corrected chi connectivity index (χ0v) is 23.1. The highest BCUT2D eigenvalue weighted by atomic mass is 127. The van der Waals surface area contributed by atoms with Crippen LogP contribution in [0.15, 0.2) is 100 Å². The number of benzene rings is 3. The number of hydrogen-bond donors (Lipinski definition) is 0. The van der Waals surface area contributed by atoms with Crippen LogP contribution in [-0.4, -0.2) is 21.0 Å². The standard InChI is InChI=1S/C19H20IOSi.C7H8O3S/c1-22(2,3)19-14-13-18(21-19)20-17-11-9-16(10-12-17)15-7-5-4-6-8-15;1-6-2-4-7(5-3-6)11(8,9)10/h4-14H,1-3H3;2-5H,1H3,(H,8,9,10)/q+1;/p-1. The summed E-state index contributed by atoms with van der Waals surface area (Å²) in [6.45, 7) is 8.79. The van der Waals surface area contributed by atoms with Gasteiger partial charge in [0.15, 0.2) is 3.57 Å². The first kappa shape index (κ1) is 25.4. The molecule has 0 amide bonds. The quantitative estimate of drug-likeness (QED) is 0.204. The van der Waals surface area contributed by atoms with Crippen molar-refractivity contribution in [2.75, 3.05) is 0 Å². The molecule has 0 saturated heterocycles. The van der Waals surface area contributed by atoms with Gasteiger partial charge in [0.1, 0.15) is 18.2 Å². The van der Waals surface area contributed by atoms with Crippen LogP contribution >= 0.6 is 0 Å². The summed E-state index contributed by atoms with van der Waals surface area (Å²) in [5.41, 5.74) is 3.47. The van der Waals surface area contributed by atoms with Gasteiger partial charge in [-0.25, -0.2) is 8.42 Å². The molecule has 4 rings (SSSR count). The molecule has 0 atom stereocenters. The zero-order chi connectivity index (χ0) is 24.1. The summed E-state index contributed by atoms with van der Waals surface area (Å²) in [6.07, 6.45) is 0. The third-order valence-corrected chi connectivity index (χ3v) is 9.83. The molecule has 7 heteroatoms. The van der Waals surface area contributed by atoms with Crippen molar-refractivity contribution in [1.29, 1.82) is 0 Å². The van der Waals surface area contributed by atoms with E-state index in [-0.39, 0.29) is 26.1 Å². The van der Waals surface area contributed by atoms with Gasteiger partial charge in [-0.1, -0.05) is 67.7 Å². The minimum absolute atomic E-state index is 0.178. The Labute approximate surface area is 207 Å². The number of rotatable bonds is 5. The molecular weight excluding hydrogens is 563 g/mol. The smallest absolute Gasteiger partial charge is 0.400 e. The average molecular weight is 591 g/mol. The monoisotopic (exact) mass is 590 g/mol. The first-order chi connectivity index (χ1) is 15.5. The van der Waals surface area contributed by atoms with Gasteiger partial charge in [-0.2, -0.15) is 0 Å². The van der Waals surface area contributed by atoms with Crippen LogP contribution in [0.4, 0.5) is 0 Å². The molecule has 0 radical (unpaired) electrons. The Kier molecular flexibility index (Phi) is 8.33. The van der Waals surface area contributed by atoms with E-state index >= 15 is 0 Å². The second-order valence-corrected chi connectivity index (χ2v) is 17.8. The summed E-state index contributed by atoms with van der Waals surface area (Å²) in [5.74, 6) is 0. The lowest BCUT2D eigenvalue weighted by Gasteiger charge is -2.09. The lowest BCUT2D eigenvalue weighted by Crippen LogP contribution is -3.61. The Morgan fingerprint density at radius 2 is 1.33 bits per heavy atom. The van der Waals surface area contributed by atoms with Gasteiger partial charge in [0, 0.05) is 6.07 Å². The maximum absolute atomic E-state index is 10.4. The van der Waals surface area contributed by atoms with Crippen LogP contribution in [0.25, 0.3) is 11.1 Å². The second kappa shape index (κ2) is 10.8. The SMILES string of the molecule is C[Si](C)(C)c1ccc([I+]c2ccc(-c3ccccc3)cc2)o1.Cc1ccc(S(=O)(=O)[O-])cc1. The van der Waals surface area contributed by atoms with E-state index in [1.54, 1.807) is 12.1 Å². The van der Waals surface area contributed by atoms with Gasteiger partial charge in [0.25, 0.3) is 0 Å². The molecule has 0 bridgehead atoms. The highest BCUT2D eigenvalue weighted by Gasteiger charge is 2.26. The normalized spacial score (nSPS) is 11.5. The van der Waals surface area contributed by atoms with E-state index < -0.39 is 18.2 Å². The lowest BCUT2D eigenvalue weighted by molar-refractivity contribution is -0.617. The molecule has 0 aliphatic rings. The minimum Gasteiger partial charge on any atom is -0.744 e. The van der Waals surface area contributed by atoms with Crippen molar-refractivity contribution >= 4 is 23.6 Å². The Morgan fingerprint density at radius 3 is 1.85 bits per heavy atom. The molecule has 0 N–H and O–H groups in total. The van der Waals surface area contributed by atoms with Crippen LogP contribution in [0.3, 0.4) is 0 Å². The maximum atomic E-state index is 10.4. The van der Waals surface area contributed by atoms with E-state index in [9.17, 15) is 13.0 Å². The van der Waals surface area contributed by atoms with Crippen molar-refractivity contribution in [1.82, 2.24) is 0 Å². The number of hydrogen-bond acceptors (Lipinski definition) is 4. The summed E-state index contributed by atoms with van der Waals surface area (Å²) >= 11 is -0.226. The van der Waals surface area contributed by atoms with Crippen LogP contribution in [0.2, 0.25) is 19.6 Å². The van der Waals surface area contributed by atoms with E-state index in [0.29, 0.717) is 0 Å². The molecule has 172 valence electrons. The Bertz CT molecular complexity index is 1270. The van der Waals surface area contributed by atoms with E-state index in [1.165, 1.54) is 36.0 Å². The summed E-state index contributed by atoms with van der Waals surface area (Å²) in [6, 6.07) is 29.6. The Hall–Kier alpha value is -2.20. The van der Waals surface area contributed by atoms with Gasteiger partial charge in [0.05, 0.1) is 10.3 Å². The van der Waals surface area contributed by atoms with Crippen molar-refractivity contribution in [3.63, 3.8) is 0 Å². The first-order valence-corrected chi connectivity index (χ1v) is 17.5. The van der Waals surface area contributed by atoms with Crippen molar-refractivity contribution < 1.29 is 38.6 Å². The molecule has 1 aromatic heterocycles. The van der Waals surface area contributed by atoms with Crippen molar-refractivity contribution in [3.8, 4) is 11.1 Å². The number of aryl methyl sites for hydroxylation is 1. The lowest BCUT2D eigenvalue weighted by atomic mass is 10.1. The van der Waals surface area contributed by atoms with E-state index in [4.69, 9.17) is 4.42 Å². The van der Waals surface area contributed by atoms with Gasteiger partial charge in [-0.3, -0.25) is 0 Å². The fourth-order valence-corrected chi connectivity index (χ4v) is 6.63. The predicted octanol–water partition coefficient (Wildman–Crippen LogP) is 2.52. The second-order valence-electron chi connectivity index (χ2n) is 8.59. The molecule has 33 heavy (non-hydrogen) atoms. The fraction of sp³-hybridized carbons (Fsp3) is 0.154. The van der Waals surface area contributed by atoms with Gasteiger partial charge < -0.3 is 8.97 Å². The molecule has 0 saturated carbocycles. The average Bonchev–Trinajstić information content (AvgIpc) is 3.24. The summed E-state index contributed by atoms with van der Waals surface area (Å²) in [7, 11) is -5.60. The molecule has 4 aromatic rings. The largest absolute Gasteiger partial charge is 0.744 e. The fourth-order valence-electron chi connectivity index (χ4n) is 2.92. The Morgan fingerprint density at radius 1 is 0.758 bits per heavy atom. The Balaban J connectivity index is 0.000000235. The van der Waals surface area contributed by atoms with Crippen molar-refractivity contribution in [2.24, 2.45) is 0 Å². The van der Waals surface area contributed by atoms with Crippen molar-refractivity contribution in [2.45, 2.75) is 31.5 Å². The van der Waals surface area contributed by atoms with Gasteiger partial charge >= 0.3 is 25.0 Å². The van der Waals surface area contributed by atoms with Crippen LogP contribution in [0.5, 0.6) is 0 Å². The van der Waals surface area contributed by atoms with Crippen LogP contribution in [-0.2, 0) is 10.1 Å².